The molecule has 2 N–H and O–H groups in total. The van der Waals surface area contributed by atoms with Crippen LogP contribution < -0.4 is 25.0 Å². The first-order valence-corrected chi connectivity index (χ1v) is 12.1. The third-order valence-electron chi connectivity index (χ3n) is 6.30. The zero-order valence-corrected chi connectivity index (χ0v) is 21.2. The lowest BCUT2D eigenvalue weighted by atomic mass is 10.1. The lowest BCUT2D eigenvalue weighted by molar-refractivity contribution is -0.126. The number of benzene rings is 3. The fourth-order valence-corrected chi connectivity index (χ4v) is 4.22. The van der Waals surface area contributed by atoms with E-state index in [1.165, 1.54) is 0 Å². The number of hydrogen-bond acceptors (Lipinski definition) is 5. The van der Waals surface area contributed by atoms with E-state index in [-0.39, 0.29) is 30.7 Å². The Bertz CT molecular complexity index is 1270. The number of anilines is 2. The number of ether oxygens (including phenoxy) is 2. The lowest BCUT2D eigenvalue weighted by Gasteiger charge is -2.17. The fourth-order valence-electron chi connectivity index (χ4n) is 4.22. The van der Waals surface area contributed by atoms with Crippen LogP contribution in [0.15, 0.2) is 66.7 Å². The fraction of sp³-hybridized carbons (Fsp3) is 0.276. The molecule has 3 aromatic rings. The number of carbonyl (C=O) groups is 3. The van der Waals surface area contributed by atoms with Crippen LogP contribution >= 0.6 is 0 Å². The molecule has 3 amide bonds. The second-order valence-corrected chi connectivity index (χ2v) is 9.12. The number of methoxy groups -OCH3 is 1. The molecule has 0 saturated carbocycles. The van der Waals surface area contributed by atoms with Gasteiger partial charge >= 0.3 is 0 Å². The molecule has 1 heterocycles. The van der Waals surface area contributed by atoms with Gasteiger partial charge in [-0.3, -0.25) is 14.4 Å². The first-order valence-electron chi connectivity index (χ1n) is 12.1. The summed E-state index contributed by atoms with van der Waals surface area (Å²) in [6, 6.07) is 20.2. The maximum Gasteiger partial charge on any atom is 0.262 e. The van der Waals surface area contributed by atoms with Gasteiger partial charge in [-0.25, -0.2) is 0 Å². The third-order valence-corrected chi connectivity index (χ3v) is 6.30. The van der Waals surface area contributed by atoms with Gasteiger partial charge < -0.3 is 25.0 Å². The van der Waals surface area contributed by atoms with E-state index >= 15 is 0 Å². The number of amides is 3. The molecule has 1 atom stereocenters. The quantitative estimate of drug-likeness (QED) is 0.462. The highest BCUT2D eigenvalue weighted by Gasteiger charge is 2.35. The van der Waals surface area contributed by atoms with Crippen LogP contribution in [-0.2, 0) is 20.9 Å². The summed E-state index contributed by atoms with van der Waals surface area (Å²) < 4.78 is 10.8. The van der Waals surface area contributed by atoms with E-state index in [9.17, 15) is 14.4 Å². The van der Waals surface area contributed by atoms with Gasteiger partial charge in [0.05, 0.1) is 13.0 Å². The van der Waals surface area contributed by atoms with Crippen LogP contribution in [0.1, 0.15) is 23.1 Å². The van der Waals surface area contributed by atoms with Gasteiger partial charge in [0.2, 0.25) is 11.8 Å². The topological polar surface area (TPSA) is 97.0 Å². The van der Waals surface area contributed by atoms with Crippen molar-refractivity contribution in [2.45, 2.75) is 26.8 Å². The molecule has 8 nitrogen and oxygen atoms in total. The molecular weight excluding hydrogens is 470 g/mol. The van der Waals surface area contributed by atoms with Crippen LogP contribution in [0, 0.1) is 19.8 Å². The maximum atomic E-state index is 12.7. The molecular formula is C29H31N3O5. The normalized spacial score (nSPS) is 14.8. The van der Waals surface area contributed by atoms with Crippen LogP contribution in [-0.4, -0.2) is 38.0 Å². The largest absolute Gasteiger partial charge is 0.497 e. The number of aryl methyl sites for hydroxylation is 2. The molecule has 4 rings (SSSR count). The van der Waals surface area contributed by atoms with E-state index < -0.39 is 5.92 Å². The number of carbonyl (C=O) groups excluding carboxylic acids is 3. The zero-order valence-electron chi connectivity index (χ0n) is 21.2. The predicted octanol–water partition coefficient (Wildman–Crippen LogP) is 4.00. The van der Waals surface area contributed by atoms with Crippen LogP contribution in [0.25, 0.3) is 0 Å². The highest BCUT2D eigenvalue weighted by Crippen LogP contribution is 2.27. The van der Waals surface area contributed by atoms with Crippen molar-refractivity contribution in [3.63, 3.8) is 0 Å². The Kier molecular flexibility index (Phi) is 8.08. The van der Waals surface area contributed by atoms with E-state index in [2.05, 4.69) is 10.6 Å². The molecule has 1 saturated heterocycles. The minimum absolute atomic E-state index is 0.105. The van der Waals surface area contributed by atoms with Crippen molar-refractivity contribution in [2.75, 3.05) is 30.5 Å². The summed E-state index contributed by atoms with van der Waals surface area (Å²) in [7, 11) is 1.60. The molecule has 192 valence electrons. The minimum Gasteiger partial charge on any atom is -0.497 e. The molecule has 0 bridgehead atoms. The average Bonchev–Trinajstić information content (AvgIpc) is 3.30. The number of nitrogens with one attached hydrogen (secondary N) is 2. The second kappa shape index (κ2) is 11.6. The highest BCUT2D eigenvalue weighted by atomic mass is 16.5. The summed E-state index contributed by atoms with van der Waals surface area (Å²) in [5.41, 5.74) is 4.50. The SMILES string of the molecule is COc1ccc(CNC(=O)[C@@H]2CC(=O)N(c3ccc(OCC(=O)Nc4ccc(C)cc4C)cc3)C2)cc1. The Hall–Kier alpha value is -4.33. The molecule has 1 aliphatic rings. The Balaban J connectivity index is 1.26. The van der Waals surface area contributed by atoms with Crippen molar-refractivity contribution >= 4 is 29.1 Å². The lowest BCUT2D eigenvalue weighted by Crippen LogP contribution is -2.32. The predicted molar refractivity (Wildman–Crippen MR) is 142 cm³/mol. The molecule has 0 spiro atoms. The molecule has 1 fully saturated rings. The summed E-state index contributed by atoms with van der Waals surface area (Å²) in [6.07, 6.45) is 0.158. The first kappa shape index (κ1) is 25.8. The maximum absolute atomic E-state index is 12.7. The minimum atomic E-state index is -0.421. The standard InChI is InChI=1S/C29H31N3O5/c1-19-4-13-26(20(2)14-19)31-27(33)18-37-25-11-7-23(8-12-25)32-17-22(15-28(32)34)29(35)30-16-21-5-9-24(36-3)10-6-21/h4-14,22H,15-18H2,1-3H3,(H,30,35)(H,31,33)/t22-/m1/s1. The number of rotatable bonds is 9. The Morgan fingerprint density at radius 3 is 2.35 bits per heavy atom. The van der Waals surface area contributed by atoms with Gasteiger partial charge in [-0.05, 0) is 67.4 Å². The molecule has 37 heavy (non-hydrogen) atoms. The Morgan fingerprint density at radius 1 is 0.973 bits per heavy atom. The third kappa shape index (κ3) is 6.67. The summed E-state index contributed by atoms with van der Waals surface area (Å²) >= 11 is 0. The van der Waals surface area contributed by atoms with Crippen LogP contribution in [0.5, 0.6) is 11.5 Å². The monoisotopic (exact) mass is 501 g/mol. The molecule has 1 aliphatic heterocycles. The van der Waals surface area contributed by atoms with Crippen LogP contribution in [0.3, 0.4) is 0 Å². The molecule has 0 aliphatic carbocycles. The Morgan fingerprint density at radius 2 is 1.68 bits per heavy atom. The van der Waals surface area contributed by atoms with E-state index in [0.29, 0.717) is 24.5 Å². The van der Waals surface area contributed by atoms with Gasteiger partial charge in [-0.2, -0.15) is 0 Å². The second-order valence-electron chi connectivity index (χ2n) is 9.12. The summed E-state index contributed by atoms with van der Waals surface area (Å²) in [5, 5.41) is 5.76. The molecule has 3 aromatic carbocycles. The van der Waals surface area contributed by atoms with Crippen molar-refractivity contribution in [3.8, 4) is 11.5 Å². The van der Waals surface area contributed by atoms with Crippen LogP contribution in [0.4, 0.5) is 11.4 Å². The van der Waals surface area contributed by atoms with Gasteiger partial charge in [0.15, 0.2) is 6.61 Å². The van der Waals surface area contributed by atoms with E-state index in [1.807, 2.05) is 56.3 Å². The van der Waals surface area contributed by atoms with E-state index in [4.69, 9.17) is 9.47 Å². The van der Waals surface area contributed by atoms with E-state index in [1.54, 1.807) is 36.3 Å². The van der Waals surface area contributed by atoms with Crippen molar-refractivity contribution in [1.29, 1.82) is 0 Å². The first-order chi connectivity index (χ1) is 17.8. The van der Waals surface area contributed by atoms with Crippen molar-refractivity contribution in [2.24, 2.45) is 5.92 Å². The number of nitrogens with zero attached hydrogens (tertiary/aromatic N) is 1. The number of hydrogen-bond donors (Lipinski definition) is 2. The van der Waals surface area contributed by atoms with Crippen molar-refractivity contribution < 1.29 is 23.9 Å². The molecule has 0 radical (unpaired) electrons. The zero-order chi connectivity index (χ0) is 26.4. The summed E-state index contributed by atoms with van der Waals surface area (Å²) in [6.45, 7) is 4.51. The smallest absolute Gasteiger partial charge is 0.262 e. The molecule has 0 unspecified atom stereocenters. The summed E-state index contributed by atoms with van der Waals surface area (Å²) in [4.78, 5) is 39.2. The van der Waals surface area contributed by atoms with Gasteiger partial charge in [0, 0.05) is 30.9 Å². The molecule has 8 heteroatoms. The van der Waals surface area contributed by atoms with Crippen LogP contribution in [0.2, 0.25) is 0 Å². The Labute approximate surface area is 216 Å². The highest BCUT2D eigenvalue weighted by molar-refractivity contribution is 6.00. The van der Waals surface area contributed by atoms with Gasteiger partial charge in [0.25, 0.3) is 5.91 Å². The van der Waals surface area contributed by atoms with Gasteiger partial charge in [-0.1, -0.05) is 29.8 Å². The molecule has 0 aromatic heterocycles. The summed E-state index contributed by atoms with van der Waals surface area (Å²) in [5.74, 6) is 0.335. The van der Waals surface area contributed by atoms with E-state index in [0.717, 1.165) is 28.1 Å². The average molecular weight is 502 g/mol. The van der Waals surface area contributed by atoms with Crippen molar-refractivity contribution in [1.82, 2.24) is 5.32 Å². The van der Waals surface area contributed by atoms with Gasteiger partial charge in [-0.15, -0.1) is 0 Å². The van der Waals surface area contributed by atoms with Crippen molar-refractivity contribution in [3.05, 3.63) is 83.4 Å². The van der Waals surface area contributed by atoms with Gasteiger partial charge in [0.1, 0.15) is 11.5 Å².